The van der Waals surface area contributed by atoms with Crippen LogP contribution in [-0.2, 0) is 20.8 Å². The van der Waals surface area contributed by atoms with Crippen molar-refractivity contribution < 1.29 is 14.2 Å². The number of hydrogen-bond acceptors (Lipinski definition) is 5. The first-order valence-corrected chi connectivity index (χ1v) is 8.32. The summed E-state index contributed by atoms with van der Waals surface area (Å²) < 4.78 is 17.1. The minimum absolute atomic E-state index is 0.285. The van der Waals surface area contributed by atoms with Gasteiger partial charge in [-0.25, -0.2) is 0 Å². The third-order valence-corrected chi connectivity index (χ3v) is 4.40. The third kappa shape index (κ3) is 5.02. The minimum atomic E-state index is 0.285. The number of pyridine rings is 1. The average Bonchev–Trinajstić information content (AvgIpc) is 2.61. The summed E-state index contributed by atoms with van der Waals surface area (Å²) in [5, 5.41) is 0. The van der Waals surface area contributed by atoms with Crippen molar-refractivity contribution in [2.75, 3.05) is 39.5 Å². The Hall–Kier alpha value is -1.01. The summed E-state index contributed by atoms with van der Waals surface area (Å²) >= 11 is 0. The number of ether oxygens (including phenoxy) is 3. The lowest BCUT2D eigenvalue weighted by molar-refractivity contribution is -0.0939. The van der Waals surface area contributed by atoms with Gasteiger partial charge in [0, 0.05) is 32.0 Å². The lowest BCUT2D eigenvalue weighted by Gasteiger charge is -2.33. The molecule has 0 saturated carbocycles. The van der Waals surface area contributed by atoms with Gasteiger partial charge < -0.3 is 19.1 Å². The van der Waals surface area contributed by atoms with Gasteiger partial charge in [-0.15, -0.1) is 0 Å². The Morgan fingerprint density at radius 3 is 2.91 bits per heavy atom. The maximum atomic E-state index is 6.00. The Labute approximate surface area is 132 Å². The highest BCUT2D eigenvalue weighted by molar-refractivity contribution is 5.06. The molecular weight excluding hydrogens is 280 g/mol. The van der Waals surface area contributed by atoms with E-state index in [0.29, 0.717) is 12.7 Å². The summed E-state index contributed by atoms with van der Waals surface area (Å²) in [6, 6.07) is 4.02. The first kappa shape index (κ1) is 15.9. The van der Waals surface area contributed by atoms with Crippen LogP contribution < -0.4 is 0 Å². The highest BCUT2D eigenvalue weighted by Crippen LogP contribution is 2.16. The van der Waals surface area contributed by atoms with E-state index in [-0.39, 0.29) is 6.10 Å². The molecule has 2 fully saturated rings. The smallest absolute Gasteiger partial charge is 0.0821 e. The number of likely N-dealkylation sites (tertiary alicyclic amines) is 1. The van der Waals surface area contributed by atoms with Gasteiger partial charge in [0.15, 0.2) is 0 Å². The molecule has 2 aliphatic heterocycles. The highest BCUT2D eigenvalue weighted by Gasteiger charge is 2.21. The summed E-state index contributed by atoms with van der Waals surface area (Å²) in [5.41, 5.74) is 1.15. The molecule has 22 heavy (non-hydrogen) atoms. The van der Waals surface area contributed by atoms with E-state index < -0.39 is 0 Å². The van der Waals surface area contributed by atoms with E-state index in [1.165, 1.54) is 0 Å². The normalized spacial score (nSPS) is 24.5. The van der Waals surface area contributed by atoms with Crippen molar-refractivity contribution >= 4 is 0 Å². The molecule has 3 heterocycles. The van der Waals surface area contributed by atoms with Crippen LogP contribution in [-0.4, -0.2) is 61.5 Å². The zero-order valence-electron chi connectivity index (χ0n) is 13.2. The van der Waals surface area contributed by atoms with Gasteiger partial charge in [0.2, 0.25) is 0 Å². The molecule has 122 valence electrons. The zero-order chi connectivity index (χ0) is 15.0. The van der Waals surface area contributed by atoms with Crippen molar-refractivity contribution in [2.24, 2.45) is 0 Å². The summed E-state index contributed by atoms with van der Waals surface area (Å²) in [5.74, 6) is 0. The van der Waals surface area contributed by atoms with Crippen molar-refractivity contribution in [3.8, 4) is 0 Å². The molecule has 1 unspecified atom stereocenters. The second-order valence-electron chi connectivity index (χ2n) is 6.07. The van der Waals surface area contributed by atoms with E-state index in [4.69, 9.17) is 14.2 Å². The Morgan fingerprint density at radius 2 is 2.18 bits per heavy atom. The number of nitrogens with zero attached hydrogens (tertiary/aromatic N) is 2. The van der Waals surface area contributed by atoms with Crippen LogP contribution in [0.25, 0.3) is 0 Å². The van der Waals surface area contributed by atoms with Crippen LogP contribution >= 0.6 is 0 Å². The van der Waals surface area contributed by atoms with Crippen molar-refractivity contribution in [1.82, 2.24) is 9.88 Å². The molecule has 5 heteroatoms. The van der Waals surface area contributed by atoms with Crippen LogP contribution in [0.15, 0.2) is 24.5 Å². The van der Waals surface area contributed by atoms with Crippen LogP contribution in [0.1, 0.15) is 24.8 Å². The predicted octanol–water partition coefficient (Wildman–Crippen LogP) is 1.87. The van der Waals surface area contributed by atoms with Gasteiger partial charge in [-0.3, -0.25) is 4.98 Å². The maximum absolute atomic E-state index is 6.00. The highest BCUT2D eigenvalue weighted by atomic mass is 16.6. The molecule has 0 bridgehead atoms. The Balaban J connectivity index is 1.30. The molecule has 0 amide bonds. The SMILES string of the molecule is c1cncc(COC2CCN(CCC3COCCO3)CC2)c1. The maximum Gasteiger partial charge on any atom is 0.0821 e. The van der Waals surface area contributed by atoms with Gasteiger partial charge in [0.1, 0.15) is 0 Å². The topological polar surface area (TPSA) is 43.8 Å². The molecule has 1 atom stereocenters. The summed E-state index contributed by atoms with van der Waals surface area (Å²) in [7, 11) is 0. The second-order valence-corrected chi connectivity index (χ2v) is 6.07. The van der Waals surface area contributed by atoms with E-state index >= 15 is 0 Å². The molecule has 0 aliphatic carbocycles. The van der Waals surface area contributed by atoms with Crippen molar-refractivity contribution in [2.45, 2.75) is 38.1 Å². The van der Waals surface area contributed by atoms with Crippen LogP contribution in [0.5, 0.6) is 0 Å². The molecule has 2 saturated heterocycles. The van der Waals surface area contributed by atoms with Gasteiger partial charge in [0.25, 0.3) is 0 Å². The number of piperidine rings is 1. The van der Waals surface area contributed by atoms with Gasteiger partial charge in [-0.2, -0.15) is 0 Å². The van der Waals surface area contributed by atoms with Gasteiger partial charge in [0.05, 0.1) is 38.6 Å². The molecule has 0 N–H and O–H groups in total. The fourth-order valence-electron chi connectivity index (χ4n) is 3.03. The summed E-state index contributed by atoms with van der Waals surface area (Å²) in [4.78, 5) is 6.63. The van der Waals surface area contributed by atoms with Gasteiger partial charge >= 0.3 is 0 Å². The van der Waals surface area contributed by atoms with E-state index in [9.17, 15) is 0 Å². The van der Waals surface area contributed by atoms with Crippen LogP contribution in [0.4, 0.5) is 0 Å². The molecule has 0 spiro atoms. The fourth-order valence-corrected chi connectivity index (χ4v) is 3.03. The first-order chi connectivity index (χ1) is 10.9. The lowest BCUT2D eigenvalue weighted by atomic mass is 10.1. The van der Waals surface area contributed by atoms with Crippen LogP contribution in [0.3, 0.4) is 0 Å². The van der Waals surface area contributed by atoms with Gasteiger partial charge in [-0.05, 0) is 30.9 Å². The largest absolute Gasteiger partial charge is 0.376 e. The number of hydrogen-bond donors (Lipinski definition) is 0. The van der Waals surface area contributed by atoms with E-state index in [1.807, 2.05) is 12.3 Å². The monoisotopic (exact) mass is 306 g/mol. The summed E-state index contributed by atoms with van der Waals surface area (Å²) in [6.45, 7) is 6.25. The van der Waals surface area contributed by atoms with Crippen molar-refractivity contribution in [3.05, 3.63) is 30.1 Å². The standard InChI is InChI=1S/C17H26N2O3/c1-2-15(12-18-6-1)13-22-16-3-7-19(8-4-16)9-5-17-14-20-10-11-21-17/h1-2,6,12,16-17H,3-5,7-11,13-14H2. The molecule has 2 aliphatic rings. The number of rotatable bonds is 6. The quantitative estimate of drug-likeness (QED) is 0.803. The van der Waals surface area contributed by atoms with Crippen molar-refractivity contribution in [3.63, 3.8) is 0 Å². The lowest BCUT2D eigenvalue weighted by Crippen LogP contribution is -2.39. The molecule has 5 nitrogen and oxygen atoms in total. The zero-order valence-corrected chi connectivity index (χ0v) is 13.2. The summed E-state index contributed by atoms with van der Waals surface area (Å²) in [6.07, 6.45) is 7.63. The van der Waals surface area contributed by atoms with Gasteiger partial charge in [-0.1, -0.05) is 6.07 Å². The molecule has 1 aromatic heterocycles. The molecule has 0 aromatic carbocycles. The van der Waals surface area contributed by atoms with Crippen LogP contribution in [0.2, 0.25) is 0 Å². The van der Waals surface area contributed by atoms with E-state index in [2.05, 4.69) is 16.0 Å². The van der Waals surface area contributed by atoms with E-state index in [1.54, 1.807) is 6.20 Å². The van der Waals surface area contributed by atoms with Crippen molar-refractivity contribution in [1.29, 1.82) is 0 Å². The molecule has 3 rings (SSSR count). The molecular formula is C17H26N2O3. The first-order valence-electron chi connectivity index (χ1n) is 8.32. The van der Waals surface area contributed by atoms with Crippen LogP contribution in [0, 0.1) is 0 Å². The Morgan fingerprint density at radius 1 is 1.27 bits per heavy atom. The third-order valence-electron chi connectivity index (χ3n) is 4.40. The second kappa shape index (κ2) is 8.58. The fraction of sp³-hybridized carbons (Fsp3) is 0.706. The predicted molar refractivity (Wildman–Crippen MR) is 83.7 cm³/mol. The Kier molecular flexibility index (Phi) is 6.19. The molecule has 1 aromatic rings. The minimum Gasteiger partial charge on any atom is -0.376 e. The Bertz CT molecular complexity index is 415. The van der Waals surface area contributed by atoms with E-state index in [0.717, 1.165) is 64.3 Å². The average molecular weight is 306 g/mol. The number of aromatic nitrogens is 1. The molecule has 0 radical (unpaired) electrons.